The zero-order valence-electron chi connectivity index (χ0n) is 10.9. The number of carbonyl (C=O) groups excluding carboxylic acids is 1. The van der Waals surface area contributed by atoms with Crippen LogP contribution in [0.2, 0.25) is 0 Å². The van der Waals surface area contributed by atoms with E-state index in [1.54, 1.807) is 4.90 Å². The molecule has 0 atom stereocenters. The van der Waals surface area contributed by atoms with Gasteiger partial charge in [0.15, 0.2) is 0 Å². The number of likely N-dealkylation sites (tertiary alicyclic amines) is 1. The van der Waals surface area contributed by atoms with E-state index in [-0.39, 0.29) is 6.09 Å². The molecule has 0 bridgehead atoms. The van der Waals surface area contributed by atoms with E-state index in [1.165, 1.54) is 0 Å². The van der Waals surface area contributed by atoms with Crippen molar-refractivity contribution < 1.29 is 9.53 Å². The zero-order chi connectivity index (χ0) is 12.9. The maximum absolute atomic E-state index is 11.8. The first-order valence-corrected chi connectivity index (χ1v) is 6.66. The Labute approximate surface area is 109 Å². The standard InChI is InChI=1S/C13H22ClNO2/c1-13(2,3)17-12(16)15-9-6-11(7-10-15)5-4-8-14/h4-5,11H,6-10H2,1-3H3/b5-4+. The summed E-state index contributed by atoms with van der Waals surface area (Å²) in [7, 11) is 0. The van der Waals surface area contributed by atoms with Crippen molar-refractivity contribution in [2.45, 2.75) is 39.2 Å². The summed E-state index contributed by atoms with van der Waals surface area (Å²) in [5.74, 6) is 1.11. The number of nitrogens with zero attached hydrogens (tertiary/aromatic N) is 1. The fourth-order valence-corrected chi connectivity index (χ4v) is 1.95. The summed E-state index contributed by atoms with van der Waals surface area (Å²) in [5, 5.41) is 0. The summed E-state index contributed by atoms with van der Waals surface area (Å²) in [6, 6.07) is 0. The largest absolute Gasteiger partial charge is 0.444 e. The summed E-state index contributed by atoms with van der Waals surface area (Å²) < 4.78 is 5.34. The summed E-state index contributed by atoms with van der Waals surface area (Å²) in [6.45, 7) is 7.21. The highest BCUT2D eigenvalue weighted by atomic mass is 35.5. The van der Waals surface area contributed by atoms with E-state index in [2.05, 4.69) is 6.08 Å². The van der Waals surface area contributed by atoms with E-state index in [1.807, 2.05) is 26.8 Å². The molecule has 0 saturated carbocycles. The van der Waals surface area contributed by atoms with Gasteiger partial charge < -0.3 is 9.64 Å². The molecule has 1 saturated heterocycles. The number of carbonyl (C=O) groups is 1. The summed E-state index contributed by atoms with van der Waals surface area (Å²) in [4.78, 5) is 13.6. The highest BCUT2D eigenvalue weighted by Gasteiger charge is 2.25. The molecule has 4 heteroatoms. The van der Waals surface area contributed by atoms with Crippen molar-refractivity contribution in [1.29, 1.82) is 0 Å². The third kappa shape index (κ3) is 5.44. The Kier molecular flexibility index (Phi) is 5.31. The third-order valence-corrected chi connectivity index (χ3v) is 2.87. The molecule has 1 aliphatic rings. The maximum atomic E-state index is 11.8. The van der Waals surface area contributed by atoms with Gasteiger partial charge in [-0.15, -0.1) is 11.6 Å². The number of hydrogen-bond acceptors (Lipinski definition) is 2. The summed E-state index contributed by atoms with van der Waals surface area (Å²) >= 11 is 5.60. The topological polar surface area (TPSA) is 29.5 Å². The van der Waals surface area contributed by atoms with E-state index in [0.717, 1.165) is 25.9 Å². The minimum Gasteiger partial charge on any atom is -0.444 e. The number of allylic oxidation sites excluding steroid dienone is 2. The molecular weight excluding hydrogens is 238 g/mol. The molecule has 98 valence electrons. The first kappa shape index (κ1) is 14.4. The average Bonchev–Trinajstić information content (AvgIpc) is 2.24. The first-order chi connectivity index (χ1) is 7.92. The van der Waals surface area contributed by atoms with Gasteiger partial charge in [0.05, 0.1) is 0 Å². The van der Waals surface area contributed by atoms with Crippen LogP contribution in [0.25, 0.3) is 0 Å². The molecule has 0 N–H and O–H groups in total. The molecule has 0 aromatic carbocycles. The molecule has 3 nitrogen and oxygen atoms in total. The first-order valence-electron chi connectivity index (χ1n) is 6.13. The molecule has 0 unspecified atom stereocenters. The van der Waals surface area contributed by atoms with Gasteiger partial charge in [0.1, 0.15) is 5.60 Å². The molecule has 0 aromatic heterocycles. The number of amides is 1. The van der Waals surface area contributed by atoms with Gasteiger partial charge in [-0.25, -0.2) is 4.79 Å². The maximum Gasteiger partial charge on any atom is 0.410 e. The monoisotopic (exact) mass is 259 g/mol. The fraction of sp³-hybridized carbons (Fsp3) is 0.769. The van der Waals surface area contributed by atoms with Crippen LogP contribution in [0.4, 0.5) is 4.79 Å². The van der Waals surface area contributed by atoms with Crippen molar-refractivity contribution in [3.8, 4) is 0 Å². The molecule has 1 rings (SSSR count). The lowest BCUT2D eigenvalue weighted by Crippen LogP contribution is -2.41. The predicted molar refractivity (Wildman–Crippen MR) is 70.4 cm³/mol. The van der Waals surface area contributed by atoms with Gasteiger partial charge in [0, 0.05) is 19.0 Å². The van der Waals surface area contributed by atoms with Gasteiger partial charge >= 0.3 is 6.09 Å². The molecule has 0 radical (unpaired) electrons. The molecule has 0 spiro atoms. The van der Waals surface area contributed by atoms with Crippen LogP contribution in [0.15, 0.2) is 12.2 Å². The molecule has 17 heavy (non-hydrogen) atoms. The number of alkyl halides is 1. The van der Waals surface area contributed by atoms with Gasteiger partial charge in [0.25, 0.3) is 0 Å². The Morgan fingerprint density at radius 3 is 2.47 bits per heavy atom. The summed E-state index contributed by atoms with van der Waals surface area (Å²) in [6.07, 6.45) is 5.92. The van der Waals surface area contributed by atoms with Crippen LogP contribution in [0.1, 0.15) is 33.6 Å². The lowest BCUT2D eigenvalue weighted by molar-refractivity contribution is 0.0197. The lowest BCUT2D eigenvalue weighted by Gasteiger charge is -2.32. The van der Waals surface area contributed by atoms with E-state index in [0.29, 0.717) is 11.8 Å². The Hall–Kier alpha value is -0.700. The quantitative estimate of drug-likeness (QED) is 0.562. The van der Waals surface area contributed by atoms with Gasteiger partial charge in [-0.2, -0.15) is 0 Å². The molecule has 0 aliphatic carbocycles. The van der Waals surface area contributed by atoms with Crippen LogP contribution in [-0.2, 0) is 4.74 Å². The highest BCUT2D eigenvalue weighted by Crippen LogP contribution is 2.20. The molecule has 1 aliphatic heterocycles. The minimum atomic E-state index is -0.410. The second-order valence-electron chi connectivity index (χ2n) is 5.39. The van der Waals surface area contributed by atoms with Gasteiger partial charge in [0.2, 0.25) is 0 Å². The normalized spacial score (nSPS) is 18.7. The number of rotatable bonds is 2. The minimum absolute atomic E-state index is 0.197. The third-order valence-electron chi connectivity index (χ3n) is 2.69. The van der Waals surface area contributed by atoms with Gasteiger partial charge in [-0.05, 0) is 39.5 Å². The van der Waals surface area contributed by atoms with Crippen LogP contribution < -0.4 is 0 Å². The van der Waals surface area contributed by atoms with E-state index < -0.39 is 5.60 Å². The Bertz CT molecular complexity index is 276. The highest BCUT2D eigenvalue weighted by molar-refractivity contribution is 6.18. The number of piperidine rings is 1. The van der Waals surface area contributed by atoms with E-state index in [4.69, 9.17) is 16.3 Å². The van der Waals surface area contributed by atoms with Crippen LogP contribution in [-0.4, -0.2) is 35.6 Å². The molecule has 1 fully saturated rings. The molecule has 1 heterocycles. The number of hydrogen-bond donors (Lipinski definition) is 0. The van der Waals surface area contributed by atoms with Crippen LogP contribution in [0, 0.1) is 5.92 Å². The smallest absolute Gasteiger partial charge is 0.410 e. The lowest BCUT2D eigenvalue weighted by atomic mass is 9.97. The Balaban J connectivity index is 2.36. The van der Waals surface area contributed by atoms with Crippen molar-refractivity contribution >= 4 is 17.7 Å². The van der Waals surface area contributed by atoms with Crippen molar-refractivity contribution in [2.24, 2.45) is 5.92 Å². The van der Waals surface area contributed by atoms with Crippen LogP contribution in [0.3, 0.4) is 0 Å². The Morgan fingerprint density at radius 2 is 2.00 bits per heavy atom. The van der Waals surface area contributed by atoms with Crippen molar-refractivity contribution in [3.05, 3.63) is 12.2 Å². The summed E-state index contributed by atoms with van der Waals surface area (Å²) in [5.41, 5.74) is -0.410. The molecule has 0 aromatic rings. The van der Waals surface area contributed by atoms with Gasteiger partial charge in [-0.1, -0.05) is 12.2 Å². The SMILES string of the molecule is CC(C)(C)OC(=O)N1CCC(/C=C/CCl)CC1. The van der Waals surface area contributed by atoms with Crippen LogP contribution >= 0.6 is 11.6 Å². The predicted octanol–water partition coefficient (Wildman–Crippen LogP) is 3.43. The van der Waals surface area contributed by atoms with Crippen molar-refractivity contribution in [1.82, 2.24) is 4.90 Å². The molecular formula is C13H22ClNO2. The number of ether oxygens (including phenoxy) is 1. The second kappa shape index (κ2) is 6.29. The van der Waals surface area contributed by atoms with E-state index >= 15 is 0 Å². The van der Waals surface area contributed by atoms with Crippen molar-refractivity contribution in [2.75, 3.05) is 19.0 Å². The average molecular weight is 260 g/mol. The van der Waals surface area contributed by atoms with Crippen LogP contribution in [0.5, 0.6) is 0 Å². The fourth-order valence-electron chi connectivity index (χ4n) is 1.84. The Morgan fingerprint density at radius 1 is 1.41 bits per heavy atom. The zero-order valence-corrected chi connectivity index (χ0v) is 11.7. The number of halogens is 1. The van der Waals surface area contributed by atoms with Crippen molar-refractivity contribution in [3.63, 3.8) is 0 Å². The van der Waals surface area contributed by atoms with E-state index in [9.17, 15) is 4.79 Å². The van der Waals surface area contributed by atoms with Gasteiger partial charge in [-0.3, -0.25) is 0 Å². The second-order valence-corrected chi connectivity index (χ2v) is 5.70. The molecule has 1 amide bonds.